The molecule has 0 bridgehead atoms. The van der Waals surface area contributed by atoms with Crippen LogP contribution in [0, 0.1) is 0 Å². The van der Waals surface area contributed by atoms with Crippen molar-refractivity contribution in [1.29, 1.82) is 0 Å². The van der Waals surface area contributed by atoms with E-state index in [1.165, 1.54) is 29.1 Å². The first-order valence-electron chi connectivity index (χ1n) is 8.27. The lowest BCUT2D eigenvalue weighted by Gasteiger charge is -2.11. The monoisotopic (exact) mass is 444 g/mol. The number of carbonyl (C=O) groups is 2. The molecule has 1 aromatic heterocycles. The molecule has 0 fully saturated rings. The molecule has 0 aliphatic heterocycles. The van der Waals surface area contributed by atoms with Crippen molar-refractivity contribution in [2.24, 2.45) is 0 Å². The van der Waals surface area contributed by atoms with Crippen molar-refractivity contribution in [3.63, 3.8) is 0 Å². The number of aromatic nitrogens is 2. The number of hydrogen-bond donors (Lipinski definition) is 2. The van der Waals surface area contributed by atoms with E-state index < -0.39 is 18.4 Å². The highest BCUT2D eigenvalue weighted by Crippen LogP contribution is 2.26. The zero-order chi connectivity index (χ0) is 20.0. The Morgan fingerprint density at radius 1 is 1.30 bits per heavy atom. The van der Waals surface area contributed by atoms with E-state index in [4.69, 9.17) is 0 Å². The van der Waals surface area contributed by atoms with Crippen molar-refractivity contribution in [2.45, 2.75) is 33.4 Å². The van der Waals surface area contributed by atoms with Crippen LogP contribution in [-0.2, 0) is 6.54 Å². The van der Waals surface area contributed by atoms with Gasteiger partial charge in [0.2, 0.25) is 0 Å². The molecule has 2 aromatic rings. The minimum atomic E-state index is -3.07. The van der Waals surface area contributed by atoms with Gasteiger partial charge in [0.1, 0.15) is 5.75 Å². The minimum absolute atomic E-state index is 0.0463. The number of amides is 2. The van der Waals surface area contributed by atoms with Gasteiger partial charge in [-0.3, -0.25) is 14.3 Å². The molecule has 2 amide bonds. The van der Waals surface area contributed by atoms with Crippen LogP contribution in [0.2, 0.25) is 0 Å². The van der Waals surface area contributed by atoms with Gasteiger partial charge in [0.05, 0.1) is 11.3 Å². The molecule has 2 N–H and O–H groups in total. The molecule has 0 saturated heterocycles. The topological polar surface area (TPSA) is 85.3 Å². The van der Waals surface area contributed by atoms with E-state index in [0.717, 1.165) is 6.42 Å². The van der Waals surface area contributed by atoms with Gasteiger partial charge in [0.15, 0.2) is 5.69 Å². The maximum atomic E-state index is 12.6. The number of ether oxygens (including phenoxy) is 1. The quantitative estimate of drug-likeness (QED) is 0.650. The average Bonchev–Trinajstić information content (AvgIpc) is 3.03. The Balaban J connectivity index is 2.31. The van der Waals surface area contributed by atoms with Gasteiger partial charge in [0.25, 0.3) is 11.8 Å². The summed E-state index contributed by atoms with van der Waals surface area (Å²) in [7, 11) is 0. The number of aryl methyl sites for hydroxylation is 1. The third-order valence-corrected chi connectivity index (χ3v) is 3.98. The molecule has 0 aliphatic carbocycles. The zero-order valence-electron chi connectivity index (χ0n) is 14.8. The van der Waals surface area contributed by atoms with Gasteiger partial charge in [-0.2, -0.15) is 13.9 Å². The summed E-state index contributed by atoms with van der Waals surface area (Å²) in [5.41, 5.74) is 0.122. The van der Waals surface area contributed by atoms with Crippen LogP contribution < -0.4 is 15.4 Å². The summed E-state index contributed by atoms with van der Waals surface area (Å²) in [5.74, 6) is -1.41. The van der Waals surface area contributed by atoms with Gasteiger partial charge < -0.3 is 15.4 Å². The van der Waals surface area contributed by atoms with Crippen LogP contribution in [-0.4, -0.2) is 34.8 Å². The van der Waals surface area contributed by atoms with E-state index >= 15 is 0 Å². The molecule has 0 radical (unpaired) electrons. The lowest BCUT2D eigenvalue weighted by Crippen LogP contribution is -2.26. The zero-order valence-corrected chi connectivity index (χ0v) is 16.3. The molecule has 146 valence electrons. The Kier molecular flexibility index (Phi) is 7.28. The van der Waals surface area contributed by atoms with Crippen LogP contribution in [0.3, 0.4) is 0 Å². The molecule has 0 atom stereocenters. The summed E-state index contributed by atoms with van der Waals surface area (Å²) in [6.45, 7) is 1.61. The smallest absolute Gasteiger partial charge is 0.387 e. The molecular formula is C17H19BrF2N4O3. The van der Waals surface area contributed by atoms with E-state index in [9.17, 15) is 18.4 Å². The van der Waals surface area contributed by atoms with E-state index in [0.29, 0.717) is 17.6 Å². The second kappa shape index (κ2) is 9.45. The first kappa shape index (κ1) is 20.8. The molecule has 0 spiro atoms. The largest absolute Gasteiger partial charge is 0.434 e. The SMILES string of the molecule is CCCNC(=O)c1nn(CC)cc1NC(=O)c1cc(Br)ccc1OC(F)F. The second-order valence-corrected chi connectivity index (χ2v) is 6.39. The highest BCUT2D eigenvalue weighted by atomic mass is 79.9. The first-order chi connectivity index (χ1) is 12.8. The second-order valence-electron chi connectivity index (χ2n) is 5.48. The summed E-state index contributed by atoms with van der Waals surface area (Å²) in [6.07, 6.45) is 2.25. The predicted molar refractivity (Wildman–Crippen MR) is 99.3 cm³/mol. The van der Waals surface area contributed by atoms with E-state index in [2.05, 4.69) is 36.4 Å². The molecule has 0 unspecified atom stereocenters. The fourth-order valence-corrected chi connectivity index (χ4v) is 2.59. The molecule has 0 saturated carbocycles. The molecule has 0 aliphatic rings. The van der Waals surface area contributed by atoms with Crippen molar-refractivity contribution in [3.05, 3.63) is 40.1 Å². The third-order valence-electron chi connectivity index (χ3n) is 3.49. The molecule has 7 nitrogen and oxygen atoms in total. The molecule has 1 heterocycles. The molecule has 1 aromatic carbocycles. The molecule has 10 heteroatoms. The Hall–Kier alpha value is -2.49. The minimum Gasteiger partial charge on any atom is -0.434 e. The standard InChI is InChI=1S/C17H19BrF2N4O3/c1-3-7-21-16(26)14-12(9-24(4-2)23-14)22-15(25)11-8-10(18)5-6-13(11)27-17(19)20/h5-6,8-9,17H,3-4,7H2,1-2H3,(H,21,26)(H,22,25). The van der Waals surface area contributed by atoms with Crippen LogP contribution in [0.5, 0.6) is 5.75 Å². The maximum absolute atomic E-state index is 12.6. The Labute approximate surface area is 163 Å². The number of halogens is 3. The van der Waals surface area contributed by atoms with Gasteiger partial charge in [-0.05, 0) is 31.5 Å². The number of alkyl halides is 2. The number of hydrogen-bond acceptors (Lipinski definition) is 4. The van der Waals surface area contributed by atoms with E-state index in [-0.39, 0.29) is 22.7 Å². The van der Waals surface area contributed by atoms with Crippen molar-refractivity contribution in [3.8, 4) is 5.75 Å². The van der Waals surface area contributed by atoms with E-state index in [1.54, 1.807) is 0 Å². The van der Waals surface area contributed by atoms with Crippen molar-refractivity contribution in [2.75, 3.05) is 11.9 Å². The molecule has 2 rings (SSSR count). The Morgan fingerprint density at radius 3 is 2.67 bits per heavy atom. The summed E-state index contributed by atoms with van der Waals surface area (Å²) < 4.78 is 31.6. The van der Waals surface area contributed by atoms with Gasteiger partial charge in [-0.1, -0.05) is 22.9 Å². The van der Waals surface area contributed by atoms with Crippen LogP contribution in [0.4, 0.5) is 14.5 Å². The van der Waals surface area contributed by atoms with Gasteiger partial charge in [0, 0.05) is 23.8 Å². The Bertz CT molecular complexity index is 827. The fraction of sp³-hybridized carbons (Fsp3) is 0.353. The van der Waals surface area contributed by atoms with Gasteiger partial charge in [-0.15, -0.1) is 0 Å². The van der Waals surface area contributed by atoms with Crippen LogP contribution in [0.15, 0.2) is 28.9 Å². The molecular weight excluding hydrogens is 426 g/mol. The maximum Gasteiger partial charge on any atom is 0.387 e. The van der Waals surface area contributed by atoms with E-state index in [1.807, 2.05) is 13.8 Å². The van der Waals surface area contributed by atoms with Crippen molar-refractivity contribution in [1.82, 2.24) is 15.1 Å². The number of anilines is 1. The third kappa shape index (κ3) is 5.49. The van der Waals surface area contributed by atoms with Gasteiger partial charge >= 0.3 is 6.61 Å². The lowest BCUT2D eigenvalue weighted by molar-refractivity contribution is -0.0501. The number of nitrogens with one attached hydrogen (secondary N) is 2. The normalized spacial score (nSPS) is 10.7. The van der Waals surface area contributed by atoms with Crippen LogP contribution in [0.1, 0.15) is 41.1 Å². The number of benzene rings is 1. The summed E-state index contributed by atoms with van der Waals surface area (Å²) >= 11 is 3.19. The average molecular weight is 445 g/mol. The van der Waals surface area contributed by atoms with Crippen molar-refractivity contribution < 1.29 is 23.1 Å². The van der Waals surface area contributed by atoms with Crippen LogP contribution in [0.25, 0.3) is 0 Å². The predicted octanol–water partition coefficient (Wildman–Crippen LogP) is 3.66. The number of carbonyl (C=O) groups excluding carboxylic acids is 2. The number of nitrogens with zero attached hydrogens (tertiary/aromatic N) is 2. The highest BCUT2D eigenvalue weighted by molar-refractivity contribution is 9.10. The first-order valence-corrected chi connectivity index (χ1v) is 9.06. The molecule has 27 heavy (non-hydrogen) atoms. The van der Waals surface area contributed by atoms with Gasteiger partial charge in [-0.25, -0.2) is 0 Å². The van der Waals surface area contributed by atoms with Crippen molar-refractivity contribution >= 4 is 33.4 Å². The summed E-state index contributed by atoms with van der Waals surface area (Å²) in [6, 6.07) is 4.09. The summed E-state index contributed by atoms with van der Waals surface area (Å²) in [4.78, 5) is 24.9. The van der Waals surface area contributed by atoms with Crippen LogP contribution >= 0.6 is 15.9 Å². The lowest BCUT2D eigenvalue weighted by atomic mass is 10.2. The highest BCUT2D eigenvalue weighted by Gasteiger charge is 2.21. The summed E-state index contributed by atoms with van der Waals surface area (Å²) in [5, 5.41) is 9.39. The fourth-order valence-electron chi connectivity index (χ4n) is 2.23. The number of rotatable bonds is 8. The Morgan fingerprint density at radius 2 is 2.04 bits per heavy atom.